The van der Waals surface area contributed by atoms with Gasteiger partial charge in [-0.15, -0.1) is 0 Å². The standard InChI is InChI=1S/C6H14O6S2/c1-3-6(2,14(10,11)12)4-5-13(7,8)9/h3-5H2,1-2H3,(H,7,8,9)(H,10,11,12). The molecule has 0 aromatic carbocycles. The molecule has 0 aromatic rings. The van der Waals surface area contributed by atoms with Crippen LogP contribution in [0.5, 0.6) is 0 Å². The second-order valence-corrected chi connectivity index (χ2v) is 6.82. The van der Waals surface area contributed by atoms with Gasteiger partial charge in [-0.05, 0) is 19.8 Å². The van der Waals surface area contributed by atoms with Crippen LogP contribution in [0.25, 0.3) is 0 Å². The van der Waals surface area contributed by atoms with Crippen LogP contribution in [0, 0.1) is 0 Å². The second-order valence-electron chi connectivity index (χ2n) is 3.31. The van der Waals surface area contributed by atoms with Crippen molar-refractivity contribution in [3.05, 3.63) is 0 Å². The molecule has 0 aliphatic carbocycles. The molecule has 0 heterocycles. The smallest absolute Gasteiger partial charge is 0.270 e. The largest absolute Gasteiger partial charge is 0.286 e. The van der Waals surface area contributed by atoms with Crippen LogP contribution in [-0.4, -0.2) is 36.4 Å². The maximum atomic E-state index is 10.9. The zero-order valence-electron chi connectivity index (χ0n) is 7.97. The molecule has 0 saturated heterocycles. The Kier molecular flexibility index (Phi) is 4.08. The zero-order valence-corrected chi connectivity index (χ0v) is 9.60. The van der Waals surface area contributed by atoms with E-state index in [1.807, 2.05) is 0 Å². The minimum atomic E-state index is -4.31. The van der Waals surface area contributed by atoms with Crippen molar-refractivity contribution >= 4 is 20.2 Å². The van der Waals surface area contributed by atoms with Gasteiger partial charge in [-0.2, -0.15) is 16.8 Å². The highest BCUT2D eigenvalue weighted by Crippen LogP contribution is 2.24. The summed E-state index contributed by atoms with van der Waals surface area (Å²) in [5.41, 5.74) is 0. The van der Waals surface area contributed by atoms with Crippen molar-refractivity contribution in [3.63, 3.8) is 0 Å². The third kappa shape index (κ3) is 3.91. The highest BCUT2D eigenvalue weighted by molar-refractivity contribution is 7.87. The summed E-state index contributed by atoms with van der Waals surface area (Å²) in [6.07, 6.45) is -0.261. The molecule has 0 amide bonds. The van der Waals surface area contributed by atoms with E-state index in [4.69, 9.17) is 9.11 Å². The second kappa shape index (κ2) is 4.13. The van der Waals surface area contributed by atoms with Gasteiger partial charge in [0.25, 0.3) is 20.2 Å². The summed E-state index contributed by atoms with van der Waals surface area (Å²) in [4.78, 5) is 0. The summed E-state index contributed by atoms with van der Waals surface area (Å²) >= 11 is 0. The molecule has 0 radical (unpaired) electrons. The minimum absolute atomic E-state index is 0.0708. The summed E-state index contributed by atoms with van der Waals surface area (Å²) < 4.78 is 58.3. The van der Waals surface area contributed by atoms with E-state index in [0.29, 0.717) is 0 Å². The SMILES string of the molecule is CCC(C)(CCS(=O)(=O)O)S(=O)(=O)O. The van der Waals surface area contributed by atoms with Gasteiger partial charge in [-0.1, -0.05) is 6.92 Å². The summed E-state index contributed by atoms with van der Waals surface area (Å²) in [6, 6.07) is 0. The maximum absolute atomic E-state index is 10.9. The molecule has 0 rings (SSSR count). The van der Waals surface area contributed by atoms with Crippen molar-refractivity contribution in [2.75, 3.05) is 5.75 Å². The fourth-order valence-corrected chi connectivity index (χ4v) is 2.40. The van der Waals surface area contributed by atoms with E-state index < -0.39 is 30.7 Å². The van der Waals surface area contributed by atoms with Crippen LogP contribution in [0.3, 0.4) is 0 Å². The lowest BCUT2D eigenvalue weighted by molar-refractivity contribution is 0.416. The molecule has 1 atom stereocenters. The average Bonchev–Trinajstić information content (AvgIpc) is 1.96. The Morgan fingerprint density at radius 2 is 1.57 bits per heavy atom. The zero-order chi connectivity index (χ0) is 11.6. The molecule has 0 bridgehead atoms. The van der Waals surface area contributed by atoms with Gasteiger partial charge in [0, 0.05) is 0 Å². The van der Waals surface area contributed by atoms with Crippen molar-refractivity contribution in [2.24, 2.45) is 0 Å². The summed E-state index contributed by atoms with van der Waals surface area (Å²) in [6.45, 7) is 2.74. The minimum Gasteiger partial charge on any atom is -0.286 e. The molecule has 0 saturated carbocycles. The Morgan fingerprint density at radius 3 is 1.79 bits per heavy atom. The van der Waals surface area contributed by atoms with E-state index in [2.05, 4.69) is 0 Å². The number of hydrogen-bond acceptors (Lipinski definition) is 4. The Hall–Kier alpha value is -0.180. The van der Waals surface area contributed by atoms with Crippen LogP contribution in [0.1, 0.15) is 26.7 Å². The van der Waals surface area contributed by atoms with E-state index in [-0.39, 0.29) is 12.8 Å². The van der Waals surface area contributed by atoms with Crippen molar-refractivity contribution in [3.8, 4) is 0 Å². The first kappa shape index (κ1) is 13.8. The number of hydrogen-bond donors (Lipinski definition) is 2. The monoisotopic (exact) mass is 246 g/mol. The van der Waals surface area contributed by atoms with E-state index in [9.17, 15) is 16.8 Å². The van der Waals surface area contributed by atoms with Gasteiger partial charge in [0.05, 0.1) is 10.5 Å². The Labute approximate surface area is 83.8 Å². The molecule has 1 unspecified atom stereocenters. The van der Waals surface area contributed by atoms with Gasteiger partial charge in [-0.3, -0.25) is 9.11 Å². The van der Waals surface area contributed by atoms with E-state index in [1.165, 1.54) is 13.8 Å². The molecule has 2 N–H and O–H groups in total. The summed E-state index contributed by atoms with van der Waals surface area (Å²) in [5, 5.41) is 0. The van der Waals surface area contributed by atoms with Crippen LogP contribution < -0.4 is 0 Å². The lowest BCUT2D eigenvalue weighted by Gasteiger charge is -2.23. The molecule has 86 valence electrons. The first-order valence-electron chi connectivity index (χ1n) is 3.94. The fourth-order valence-electron chi connectivity index (χ4n) is 0.833. The van der Waals surface area contributed by atoms with E-state index >= 15 is 0 Å². The van der Waals surface area contributed by atoms with Crippen LogP contribution in [-0.2, 0) is 20.2 Å². The molecule has 0 aromatic heterocycles. The van der Waals surface area contributed by atoms with Crippen LogP contribution >= 0.6 is 0 Å². The van der Waals surface area contributed by atoms with Gasteiger partial charge in [0.2, 0.25) is 0 Å². The first-order valence-corrected chi connectivity index (χ1v) is 6.99. The third-order valence-electron chi connectivity index (χ3n) is 2.26. The van der Waals surface area contributed by atoms with Gasteiger partial charge >= 0.3 is 0 Å². The lowest BCUT2D eigenvalue weighted by Crippen LogP contribution is -2.36. The predicted molar refractivity (Wildman–Crippen MR) is 51.3 cm³/mol. The molecule has 6 nitrogen and oxygen atoms in total. The highest BCUT2D eigenvalue weighted by Gasteiger charge is 2.36. The molecule has 14 heavy (non-hydrogen) atoms. The molecule has 0 aliphatic heterocycles. The highest BCUT2D eigenvalue weighted by atomic mass is 32.2. The third-order valence-corrected chi connectivity index (χ3v) is 4.72. The Bertz CT molecular complexity index is 381. The molecule has 0 spiro atoms. The first-order chi connectivity index (χ1) is 6.02. The van der Waals surface area contributed by atoms with Gasteiger partial charge < -0.3 is 0 Å². The summed E-state index contributed by atoms with van der Waals surface area (Å²) in [5.74, 6) is -0.683. The predicted octanol–water partition coefficient (Wildman–Crippen LogP) is 0.321. The van der Waals surface area contributed by atoms with Crippen LogP contribution in [0.4, 0.5) is 0 Å². The molecule has 0 fully saturated rings. The van der Waals surface area contributed by atoms with E-state index in [0.717, 1.165) is 0 Å². The quantitative estimate of drug-likeness (QED) is 0.676. The topological polar surface area (TPSA) is 109 Å². The van der Waals surface area contributed by atoms with Gasteiger partial charge in [-0.25, -0.2) is 0 Å². The van der Waals surface area contributed by atoms with Crippen molar-refractivity contribution < 1.29 is 25.9 Å². The van der Waals surface area contributed by atoms with Crippen LogP contribution in [0.15, 0.2) is 0 Å². The van der Waals surface area contributed by atoms with Crippen LogP contribution in [0.2, 0.25) is 0 Å². The lowest BCUT2D eigenvalue weighted by atomic mass is 10.1. The Morgan fingerprint density at radius 1 is 1.14 bits per heavy atom. The Balaban J connectivity index is 4.77. The van der Waals surface area contributed by atoms with Crippen molar-refractivity contribution in [1.29, 1.82) is 0 Å². The van der Waals surface area contributed by atoms with Crippen molar-refractivity contribution in [1.82, 2.24) is 0 Å². The van der Waals surface area contributed by atoms with Crippen molar-refractivity contribution in [2.45, 2.75) is 31.4 Å². The molecular formula is C6H14O6S2. The molecule has 8 heteroatoms. The number of rotatable bonds is 5. The summed E-state index contributed by atoms with van der Waals surface area (Å²) in [7, 11) is -8.52. The van der Waals surface area contributed by atoms with E-state index in [1.54, 1.807) is 0 Å². The molecular weight excluding hydrogens is 232 g/mol. The van der Waals surface area contributed by atoms with Gasteiger partial charge in [0.15, 0.2) is 0 Å². The van der Waals surface area contributed by atoms with Gasteiger partial charge in [0.1, 0.15) is 0 Å². The molecule has 0 aliphatic rings. The average molecular weight is 246 g/mol. The fraction of sp³-hybridized carbons (Fsp3) is 1.00. The normalized spacial score (nSPS) is 17.7. The maximum Gasteiger partial charge on any atom is 0.270 e.